The number of rotatable bonds is 22. The molecule has 0 fully saturated rings. The first-order valence-electron chi connectivity index (χ1n) is 21.8. The van der Waals surface area contributed by atoms with Crippen molar-refractivity contribution in [1.29, 1.82) is 0 Å². The number of nitrogens with one attached hydrogen (secondary N) is 4. The molecule has 4 rings (SSSR count). The van der Waals surface area contributed by atoms with Crippen molar-refractivity contribution < 1.29 is 38.6 Å². The molecule has 3 aliphatic rings. The Labute approximate surface area is 367 Å². The summed E-state index contributed by atoms with van der Waals surface area (Å²) in [6.45, 7) is 17.0. The van der Waals surface area contributed by atoms with Crippen LogP contribution in [0.4, 0.5) is 9.59 Å². The van der Waals surface area contributed by atoms with Crippen molar-refractivity contribution in [3.05, 3.63) is 40.5 Å². The first-order chi connectivity index (χ1) is 28.8. The SMILES string of the molecule is CN(C)CCN1C(=O)c2ccc3c4c2C(CC=C4C(O)N(CCCNC(=S)NCCCCCN(CCCCNC(=O)OC(C)(C)C)CCCNC(=O)OC(C)(C)C)C3=O)C1=O. The van der Waals surface area contributed by atoms with Crippen LogP contribution in [0.1, 0.15) is 131 Å². The summed E-state index contributed by atoms with van der Waals surface area (Å²) in [5.74, 6) is -1.51. The van der Waals surface area contributed by atoms with Crippen LogP contribution in [0.2, 0.25) is 0 Å². The molecule has 1 aromatic rings. The van der Waals surface area contributed by atoms with Crippen LogP contribution in [-0.2, 0) is 14.3 Å². The molecule has 5 N–H and O–H groups in total. The lowest BCUT2D eigenvalue weighted by Crippen LogP contribution is -2.51. The molecule has 61 heavy (non-hydrogen) atoms. The molecule has 0 spiro atoms. The van der Waals surface area contributed by atoms with Gasteiger partial charge < -0.3 is 50.5 Å². The molecule has 2 unspecified atom stereocenters. The highest BCUT2D eigenvalue weighted by atomic mass is 32.1. The van der Waals surface area contributed by atoms with E-state index in [4.69, 9.17) is 21.7 Å². The van der Waals surface area contributed by atoms with E-state index in [1.54, 1.807) is 12.1 Å². The molecular weight excluding hydrogens is 801 g/mol. The number of likely N-dealkylation sites (N-methyl/N-ethyl adjacent to an activating group) is 1. The van der Waals surface area contributed by atoms with Crippen LogP contribution in [0.15, 0.2) is 18.2 Å². The van der Waals surface area contributed by atoms with Gasteiger partial charge in [-0.1, -0.05) is 12.5 Å². The Balaban J connectivity index is 1.16. The monoisotopic (exact) mass is 871 g/mol. The number of benzene rings is 1. The Morgan fingerprint density at radius 3 is 1.90 bits per heavy atom. The Morgan fingerprint density at radius 1 is 0.738 bits per heavy atom. The summed E-state index contributed by atoms with van der Waals surface area (Å²) in [5.41, 5.74) is 1.42. The molecule has 0 radical (unpaired) electrons. The number of allylic oxidation sites excluding steroid dienone is 1. The van der Waals surface area contributed by atoms with Crippen molar-refractivity contribution in [2.45, 2.75) is 116 Å². The summed E-state index contributed by atoms with van der Waals surface area (Å²) in [6, 6.07) is 3.31. The maximum Gasteiger partial charge on any atom is 0.407 e. The van der Waals surface area contributed by atoms with Gasteiger partial charge in [-0.2, -0.15) is 0 Å². The van der Waals surface area contributed by atoms with Crippen molar-refractivity contribution in [3.63, 3.8) is 0 Å². The van der Waals surface area contributed by atoms with Gasteiger partial charge in [0, 0.05) is 62.5 Å². The van der Waals surface area contributed by atoms with Gasteiger partial charge in [-0.25, -0.2) is 9.59 Å². The molecule has 340 valence electrons. The van der Waals surface area contributed by atoms with E-state index in [1.165, 1.54) is 9.80 Å². The number of carbonyl (C=O) groups is 5. The van der Waals surface area contributed by atoms with E-state index < -0.39 is 35.5 Å². The molecule has 17 heteroatoms. The van der Waals surface area contributed by atoms with Gasteiger partial charge in [-0.15, -0.1) is 0 Å². The van der Waals surface area contributed by atoms with E-state index in [0.717, 1.165) is 58.2 Å². The van der Waals surface area contributed by atoms with E-state index in [2.05, 4.69) is 26.2 Å². The number of imide groups is 1. The lowest BCUT2D eigenvalue weighted by Gasteiger charge is -2.42. The molecule has 16 nitrogen and oxygen atoms in total. The van der Waals surface area contributed by atoms with Crippen LogP contribution in [-0.4, -0.2) is 157 Å². The number of hydrogen-bond acceptors (Lipinski definition) is 11. The third-order valence-corrected chi connectivity index (χ3v) is 10.8. The van der Waals surface area contributed by atoms with E-state index in [9.17, 15) is 29.1 Å². The summed E-state index contributed by atoms with van der Waals surface area (Å²) in [7, 11) is 3.78. The Morgan fingerprint density at radius 2 is 1.28 bits per heavy atom. The van der Waals surface area contributed by atoms with Crippen LogP contribution >= 0.6 is 12.2 Å². The molecule has 2 atom stereocenters. The quantitative estimate of drug-likeness (QED) is 0.0628. The summed E-state index contributed by atoms with van der Waals surface area (Å²) in [5, 5.41) is 24.1. The smallest absolute Gasteiger partial charge is 0.407 e. The van der Waals surface area contributed by atoms with Gasteiger partial charge in [0.2, 0.25) is 5.91 Å². The highest BCUT2D eigenvalue weighted by Crippen LogP contribution is 2.46. The van der Waals surface area contributed by atoms with Crippen LogP contribution in [0.25, 0.3) is 5.57 Å². The maximum absolute atomic E-state index is 13.7. The minimum atomic E-state index is -1.18. The maximum atomic E-state index is 13.7. The zero-order valence-corrected chi connectivity index (χ0v) is 38.4. The second-order valence-corrected chi connectivity index (χ2v) is 18.6. The molecule has 2 aliphatic heterocycles. The minimum Gasteiger partial charge on any atom is -0.444 e. The number of unbranched alkanes of at least 4 members (excludes halogenated alkanes) is 3. The van der Waals surface area contributed by atoms with Crippen molar-refractivity contribution in [2.24, 2.45) is 0 Å². The second kappa shape index (κ2) is 22.7. The van der Waals surface area contributed by atoms with Gasteiger partial charge in [-0.05, 0) is 156 Å². The lowest BCUT2D eigenvalue weighted by molar-refractivity contribution is -0.130. The highest BCUT2D eigenvalue weighted by Gasteiger charge is 2.46. The molecule has 1 aliphatic carbocycles. The van der Waals surface area contributed by atoms with Gasteiger partial charge in [0.05, 0.1) is 5.92 Å². The number of amides is 5. The van der Waals surface area contributed by atoms with Crippen molar-refractivity contribution in [2.75, 3.05) is 79.5 Å². The lowest BCUT2D eigenvalue weighted by atomic mass is 9.73. The fraction of sp³-hybridized carbons (Fsp3) is 0.682. The predicted molar refractivity (Wildman–Crippen MR) is 239 cm³/mol. The van der Waals surface area contributed by atoms with Gasteiger partial charge in [0.15, 0.2) is 11.3 Å². The number of alkyl carbamates (subject to hydrolysis) is 2. The first kappa shape index (κ1) is 49.3. The first-order valence-corrected chi connectivity index (χ1v) is 22.2. The van der Waals surface area contributed by atoms with Crippen LogP contribution in [0, 0.1) is 0 Å². The number of nitrogens with zero attached hydrogens (tertiary/aromatic N) is 4. The number of aliphatic hydroxyl groups excluding tert-OH is 1. The third-order valence-electron chi connectivity index (χ3n) is 10.5. The number of hydrogen-bond donors (Lipinski definition) is 5. The molecule has 2 heterocycles. The number of carbonyl (C=O) groups excluding carboxylic acids is 5. The highest BCUT2D eigenvalue weighted by molar-refractivity contribution is 7.80. The van der Waals surface area contributed by atoms with E-state index in [0.29, 0.717) is 78.5 Å². The van der Waals surface area contributed by atoms with Crippen molar-refractivity contribution in [1.82, 2.24) is 40.9 Å². The van der Waals surface area contributed by atoms with Crippen LogP contribution < -0.4 is 21.3 Å². The fourth-order valence-corrected chi connectivity index (χ4v) is 7.85. The van der Waals surface area contributed by atoms with Gasteiger partial charge >= 0.3 is 12.2 Å². The summed E-state index contributed by atoms with van der Waals surface area (Å²) >= 11 is 5.51. The molecule has 5 amide bonds. The summed E-state index contributed by atoms with van der Waals surface area (Å²) in [6.07, 6.45) is 6.18. The standard InChI is InChI=1S/C44H70N8O8S/c1-43(2,3)59-41(57)47-21-11-13-25-50(26-14-23-48-42(58)60-44(4,5)6)24-12-9-10-20-45-40(61)46-22-15-27-51-36(53)30-16-18-32-35-33(19-17-31(34(30)35)37(51)54)39(56)52(38(32)55)29-28-49(7)8/h16-18,33,37,54H,9-15,19-29H2,1-8H3,(H,47,57)(H,48,58)(H2,45,46,61). The topological polar surface area (TPSA) is 185 Å². The fourth-order valence-electron chi connectivity index (χ4n) is 7.64. The number of ether oxygens (including phenoxy) is 2. The zero-order chi connectivity index (χ0) is 44.9. The van der Waals surface area contributed by atoms with Crippen molar-refractivity contribution >= 4 is 52.8 Å². The molecule has 0 saturated carbocycles. The normalized spacial score (nSPS) is 17.3. The van der Waals surface area contributed by atoms with Crippen LogP contribution in [0.3, 0.4) is 0 Å². The van der Waals surface area contributed by atoms with Gasteiger partial charge in [-0.3, -0.25) is 19.3 Å². The Bertz CT molecular complexity index is 1760. The molecule has 0 aromatic heterocycles. The minimum absolute atomic E-state index is 0.262. The average molecular weight is 871 g/mol. The van der Waals surface area contributed by atoms with E-state index >= 15 is 0 Å². The zero-order valence-electron chi connectivity index (χ0n) is 37.6. The van der Waals surface area contributed by atoms with Gasteiger partial charge in [0.25, 0.3) is 11.8 Å². The second-order valence-electron chi connectivity index (χ2n) is 18.2. The molecule has 0 bridgehead atoms. The summed E-state index contributed by atoms with van der Waals surface area (Å²) in [4.78, 5) is 71.7. The predicted octanol–water partition coefficient (Wildman–Crippen LogP) is 4.42. The molecule has 1 aromatic carbocycles. The number of aliphatic hydroxyl groups is 1. The van der Waals surface area contributed by atoms with E-state index in [1.807, 2.05) is 66.6 Å². The largest absolute Gasteiger partial charge is 0.444 e. The van der Waals surface area contributed by atoms with Crippen molar-refractivity contribution in [3.8, 4) is 0 Å². The average Bonchev–Trinajstić information content (AvgIpc) is 3.16. The molecule has 0 saturated heterocycles. The third kappa shape index (κ3) is 14.9. The molecular formula is C44H70N8O8S. The van der Waals surface area contributed by atoms with E-state index in [-0.39, 0.29) is 30.8 Å². The summed E-state index contributed by atoms with van der Waals surface area (Å²) < 4.78 is 10.7. The van der Waals surface area contributed by atoms with Gasteiger partial charge in [0.1, 0.15) is 11.2 Å². The Hall–Kier alpha value is -4.32. The Kier molecular flexibility index (Phi) is 18.3. The number of thiocarbonyl (C=S) groups is 1. The van der Waals surface area contributed by atoms with Crippen LogP contribution in [0.5, 0.6) is 0 Å².